The van der Waals surface area contributed by atoms with Crippen LogP contribution in [-0.4, -0.2) is 15.3 Å². The summed E-state index contributed by atoms with van der Waals surface area (Å²) in [6, 6.07) is 18.2. The lowest BCUT2D eigenvalue weighted by Gasteiger charge is -2.53. The van der Waals surface area contributed by atoms with Crippen molar-refractivity contribution in [1.82, 2.24) is 4.98 Å². The molecule has 1 saturated carbocycles. The zero-order valence-corrected chi connectivity index (χ0v) is 20.2. The maximum atomic E-state index is 13.4. The van der Waals surface area contributed by atoms with Crippen LogP contribution in [0.1, 0.15) is 50.7 Å². The van der Waals surface area contributed by atoms with Crippen molar-refractivity contribution >= 4 is 39.7 Å². The van der Waals surface area contributed by atoms with Gasteiger partial charge < -0.3 is 9.15 Å². The van der Waals surface area contributed by atoms with Gasteiger partial charge in [-0.1, -0.05) is 48.2 Å². The Hall–Kier alpha value is -3.05. The molecule has 2 aliphatic heterocycles. The van der Waals surface area contributed by atoms with Gasteiger partial charge in [-0.05, 0) is 63.5 Å². The number of pyridine rings is 1. The molecule has 0 radical (unpaired) electrons. The molecule has 4 aromatic rings. The molecule has 4 nitrogen and oxygen atoms in total. The zero-order valence-electron chi connectivity index (χ0n) is 19.4. The van der Waals surface area contributed by atoms with E-state index in [9.17, 15) is 4.79 Å². The molecule has 0 bridgehead atoms. The summed E-state index contributed by atoms with van der Waals surface area (Å²) in [4.78, 5) is 18.5. The fourth-order valence-electron chi connectivity index (χ4n) is 6.28. The van der Waals surface area contributed by atoms with Crippen molar-refractivity contribution in [2.24, 2.45) is 5.92 Å². The van der Waals surface area contributed by atoms with Gasteiger partial charge in [0.1, 0.15) is 22.0 Å². The normalized spacial score (nSPS) is 26.6. The standard InChI is InChI=1S/C29H25NO3S/c1-28(2)19-12-13-29(3)20(15-17-14-16-8-4-6-10-21(16)30-26(17)34-29)23(19)24-25(33-28)18-9-5-7-11-22(18)32-27(24)31/h4-11,14-15,19,23H,12-13H2,1-3H3. The van der Waals surface area contributed by atoms with Crippen molar-refractivity contribution in [2.75, 3.05) is 0 Å². The Labute approximate surface area is 202 Å². The van der Waals surface area contributed by atoms with E-state index in [0.717, 1.165) is 39.7 Å². The number of aromatic nitrogens is 1. The van der Waals surface area contributed by atoms with Gasteiger partial charge in [0.25, 0.3) is 0 Å². The molecule has 1 fully saturated rings. The quantitative estimate of drug-likeness (QED) is 0.262. The minimum absolute atomic E-state index is 0.0505. The van der Waals surface area contributed by atoms with Crippen molar-refractivity contribution in [3.63, 3.8) is 0 Å². The molecule has 34 heavy (non-hydrogen) atoms. The molecule has 170 valence electrons. The van der Waals surface area contributed by atoms with Crippen LogP contribution in [0.4, 0.5) is 0 Å². The Morgan fingerprint density at radius 2 is 1.85 bits per heavy atom. The highest BCUT2D eigenvalue weighted by molar-refractivity contribution is 8.01. The number of nitrogens with zero attached hydrogens (tertiary/aromatic N) is 1. The molecule has 0 saturated heterocycles. The molecule has 1 aliphatic carbocycles. The van der Waals surface area contributed by atoms with Crippen LogP contribution in [0.15, 0.2) is 74.4 Å². The van der Waals surface area contributed by atoms with E-state index in [0.29, 0.717) is 16.9 Å². The number of hydrogen-bond acceptors (Lipinski definition) is 5. The van der Waals surface area contributed by atoms with Gasteiger partial charge in [0.15, 0.2) is 0 Å². The third kappa shape index (κ3) is 2.73. The van der Waals surface area contributed by atoms with Gasteiger partial charge in [0, 0.05) is 27.5 Å². The van der Waals surface area contributed by atoms with Gasteiger partial charge in [0.2, 0.25) is 0 Å². The minimum atomic E-state index is -0.400. The summed E-state index contributed by atoms with van der Waals surface area (Å²) in [5.41, 5.74) is 4.02. The fourth-order valence-corrected chi connectivity index (χ4v) is 7.61. The van der Waals surface area contributed by atoms with E-state index in [1.165, 1.54) is 5.57 Å². The van der Waals surface area contributed by atoms with Crippen molar-refractivity contribution in [1.29, 1.82) is 0 Å². The molecule has 7 rings (SSSR count). The molecule has 2 aromatic carbocycles. The van der Waals surface area contributed by atoms with E-state index >= 15 is 0 Å². The van der Waals surface area contributed by atoms with Crippen molar-refractivity contribution in [3.05, 3.63) is 81.7 Å². The molecule has 3 aliphatic rings. The molecular weight excluding hydrogens is 442 g/mol. The summed E-state index contributed by atoms with van der Waals surface area (Å²) in [5, 5.41) is 3.07. The van der Waals surface area contributed by atoms with E-state index < -0.39 is 5.60 Å². The number of thioether (sulfide) groups is 1. The monoisotopic (exact) mass is 467 g/mol. The molecule has 0 N–H and O–H groups in total. The van der Waals surface area contributed by atoms with Crippen LogP contribution in [0.3, 0.4) is 0 Å². The highest BCUT2D eigenvalue weighted by atomic mass is 32.2. The van der Waals surface area contributed by atoms with Gasteiger partial charge >= 0.3 is 5.63 Å². The molecule has 0 spiro atoms. The number of hydrogen-bond donors (Lipinski definition) is 0. The Bertz CT molecular complexity index is 1600. The molecule has 4 heterocycles. The number of ether oxygens (including phenoxy) is 1. The number of benzene rings is 2. The van der Waals surface area contributed by atoms with Crippen LogP contribution in [0.2, 0.25) is 0 Å². The van der Waals surface area contributed by atoms with E-state index in [2.05, 4.69) is 45.0 Å². The number of para-hydroxylation sites is 2. The minimum Gasteiger partial charge on any atom is -0.486 e. The number of fused-ring (bicyclic) bond motifs is 9. The molecule has 3 unspecified atom stereocenters. The first-order chi connectivity index (χ1) is 16.3. The lowest BCUT2D eigenvalue weighted by Crippen LogP contribution is -2.52. The average Bonchev–Trinajstić information content (AvgIpc) is 2.80. The van der Waals surface area contributed by atoms with Crippen LogP contribution < -0.4 is 10.4 Å². The third-order valence-electron chi connectivity index (χ3n) is 8.00. The lowest BCUT2D eigenvalue weighted by molar-refractivity contribution is 0.00284. The summed E-state index contributed by atoms with van der Waals surface area (Å²) < 4.78 is 12.3. The smallest absolute Gasteiger partial charge is 0.343 e. The summed E-state index contributed by atoms with van der Waals surface area (Å²) in [6.07, 6.45) is 4.30. The van der Waals surface area contributed by atoms with E-state index in [1.54, 1.807) is 0 Å². The van der Waals surface area contributed by atoms with Crippen LogP contribution in [0, 0.1) is 5.92 Å². The Kier molecular flexibility index (Phi) is 4.04. The average molecular weight is 468 g/mol. The molecule has 0 amide bonds. The van der Waals surface area contributed by atoms with Crippen molar-refractivity contribution < 1.29 is 9.15 Å². The molecular formula is C29H25NO3S. The van der Waals surface area contributed by atoms with Gasteiger partial charge in [-0.3, -0.25) is 0 Å². The van der Waals surface area contributed by atoms with E-state index in [4.69, 9.17) is 14.1 Å². The van der Waals surface area contributed by atoms with Crippen LogP contribution in [0.25, 0.3) is 27.9 Å². The third-order valence-corrected chi connectivity index (χ3v) is 9.41. The summed E-state index contributed by atoms with van der Waals surface area (Å²) >= 11 is 1.85. The van der Waals surface area contributed by atoms with E-state index in [-0.39, 0.29) is 22.2 Å². The Morgan fingerprint density at radius 1 is 1.06 bits per heavy atom. The first-order valence-corrected chi connectivity index (χ1v) is 12.7. The lowest BCUT2D eigenvalue weighted by atomic mass is 9.61. The van der Waals surface area contributed by atoms with Crippen LogP contribution >= 0.6 is 11.8 Å². The summed E-state index contributed by atoms with van der Waals surface area (Å²) in [7, 11) is 0. The molecule has 5 heteroatoms. The summed E-state index contributed by atoms with van der Waals surface area (Å²) in [6.45, 7) is 6.64. The predicted octanol–water partition coefficient (Wildman–Crippen LogP) is 6.95. The maximum Gasteiger partial charge on any atom is 0.343 e. The molecule has 3 atom stereocenters. The van der Waals surface area contributed by atoms with Crippen LogP contribution in [0.5, 0.6) is 5.75 Å². The van der Waals surface area contributed by atoms with Crippen LogP contribution in [-0.2, 0) is 0 Å². The van der Waals surface area contributed by atoms with Gasteiger partial charge in [-0.2, -0.15) is 0 Å². The Balaban J connectivity index is 1.51. The summed E-state index contributed by atoms with van der Waals surface area (Å²) in [5.74, 6) is 0.833. The van der Waals surface area contributed by atoms with Crippen molar-refractivity contribution in [2.45, 2.75) is 54.9 Å². The highest BCUT2D eigenvalue weighted by Gasteiger charge is 2.55. The maximum absolute atomic E-state index is 13.4. The van der Waals surface area contributed by atoms with E-state index in [1.807, 2.05) is 48.2 Å². The van der Waals surface area contributed by atoms with Gasteiger partial charge in [-0.25, -0.2) is 9.78 Å². The SMILES string of the molecule is CC12CCC3C(C1=Cc1cc4ccccc4nc1S2)c1c(c2ccccc2oc1=O)OC3(C)C. The second kappa shape index (κ2) is 6.76. The zero-order chi connectivity index (χ0) is 23.2. The first kappa shape index (κ1) is 20.3. The topological polar surface area (TPSA) is 52.3 Å². The van der Waals surface area contributed by atoms with Crippen molar-refractivity contribution in [3.8, 4) is 5.75 Å². The second-order valence-electron chi connectivity index (χ2n) is 10.5. The predicted molar refractivity (Wildman–Crippen MR) is 137 cm³/mol. The Morgan fingerprint density at radius 3 is 2.74 bits per heavy atom. The number of rotatable bonds is 0. The van der Waals surface area contributed by atoms with Gasteiger partial charge in [-0.15, -0.1) is 0 Å². The highest BCUT2D eigenvalue weighted by Crippen LogP contribution is 2.62. The molecule has 2 aromatic heterocycles. The second-order valence-corrected chi connectivity index (χ2v) is 12.0. The first-order valence-electron chi connectivity index (χ1n) is 11.9. The largest absolute Gasteiger partial charge is 0.486 e. The van der Waals surface area contributed by atoms with Gasteiger partial charge in [0.05, 0.1) is 16.5 Å². The fraction of sp³-hybridized carbons (Fsp3) is 0.310.